The predicted molar refractivity (Wildman–Crippen MR) is 135 cm³/mol. The molecule has 1 unspecified atom stereocenters. The second-order valence-corrected chi connectivity index (χ2v) is 9.70. The van der Waals surface area contributed by atoms with Crippen LogP contribution in [0, 0.1) is 18.7 Å². The Bertz CT molecular complexity index is 1350. The average Bonchev–Trinajstić information content (AvgIpc) is 3.57. The fourth-order valence-corrected chi connectivity index (χ4v) is 5.24. The number of halogens is 1. The molecule has 10 nitrogen and oxygen atoms in total. The molecule has 2 saturated heterocycles. The van der Waals surface area contributed by atoms with E-state index in [1.165, 1.54) is 4.52 Å². The molecule has 2 N–H and O–H groups in total. The third-order valence-electron chi connectivity index (χ3n) is 7.10. The first-order valence-electron chi connectivity index (χ1n) is 12.5. The smallest absolute Gasteiger partial charge is 0.259 e. The van der Waals surface area contributed by atoms with Crippen LogP contribution >= 0.6 is 0 Å². The number of aryl methyl sites for hydroxylation is 1. The van der Waals surface area contributed by atoms with E-state index in [1.807, 2.05) is 19.1 Å². The zero-order valence-electron chi connectivity index (χ0n) is 20.3. The number of aromatic nitrogens is 5. The minimum Gasteiger partial charge on any atom is -0.461 e. The van der Waals surface area contributed by atoms with Gasteiger partial charge >= 0.3 is 0 Å². The van der Waals surface area contributed by atoms with Crippen LogP contribution in [-0.4, -0.2) is 75.3 Å². The van der Waals surface area contributed by atoms with E-state index in [9.17, 15) is 4.39 Å². The number of piperidine rings is 1. The van der Waals surface area contributed by atoms with Crippen molar-refractivity contribution in [3.05, 3.63) is 48.0 Å². The van der Waals surface area contributed by atoms with E-state index < -0.39 is 0 Å². The topological polar surface area (TPSA) is 105 Å². The van der Waals surface area contributed by atoms with Crippen molar-refractivity contribution in [2.45, 2.75) is 19.8 Å². The molecule has 3 aromatic heterocycles. The maximum Gasteiger partial charge on any atom is 0.259 e. The van der Waals surface area contributed by atoms with Gasteiger partial charge in [-0.2, -0.15) is 19.5 Å². The predicted octanol–water partition coefficient (Wildman–Crippen LogP) is 2.85. The largest absolute Gasteiger partial charge is 0.461 e. The lowest BCUT2D eigenvalue weighted by Crippen LogP contribution is -2.50. The highest BCUT2D eigenvalue weighted by atomic mass is 19.1. The SMILES string of the molecule is Cc1ccc(F)c(N2CCN(CC3CCCN(c4nc(N)n5nc(-c6ccco6)nc5n4)C3)CC2)c1. The van der Waals surface area contributed by atoms with Crippen LogP contribution in [0.5, 0.6) is 0 Å². The minimum absolute atomic E-state index is 0.142. The number of anilines is 3. The number of furan rings is 1. The summed E-state index contributed by atoms with van der Waals surface area (Å²) in [6, 6.07) is 8.92. The Hall–Kier alpha value is -3.73. The van der Waals surface area contributed by atoms with E-state index in [0.717, 1.165) is 64.2 Å². The molecule has 188 valence electrons. The fraction of sp³-hybridized carbons (Fsp3) is 0.440. The Labute approximate surface area is 208 Å². The van der Waals surface area contributed by atoms with Gasteiger partial charge in [0, 0.05) is 45.8 Å². The van der Waals surface area contributed by atoms with Gasteiger partial charge in [0.1, 0.15) is 5.82 Å². The summed E-state index contributed by atoms with van der Waals surface area (Å²) in [6.45, 7) is 8.27. The number of nitrogens with two attached hydrogens (primary N) is 1. The summed E-state index contributed by atoms with van der Waals surface area (Å²) >= 11 is 0. The van der Waals surface area contributed by atoms with Crippen LogP contribution in [-0.2, 0) is 0 Å². The summed E-state index contributed by atoms with van der Waals surface area (Å²) < 4.78 is 21.2. The molecule has 2 aliphatic rings. The van der Waals surface area contributed by atoms with Crippen LogP contribution in [0.1, 0.15) is 18.4 Å². The molecule has 0 amide bonds. The number of hydrogen-bond donors (Lipinski definition) is 1. The molecule has 0 spiro atoms. The van der Waals surface area contributed by atoms with Gasteiger partial charge in [0.2, 0.25) is 17.7 Å². The zero-order valence-corrected chi connectivity index (χ0v) is 20.3. The van der Waals surface area contributed by atoms with Gasteiger partial charge in [-0.3, -0.25) is 4.90 Å². The minimum atomic E-state index is -0.142. The monoisotopic (exact) mass is 491 g/mol. The first-order chi connectivity index (χ1) is 17.5. The van der Waals surface area contributed by atoms with E-state index in [-0.39, 0.29) is 11.8 Å². The highest BCUT2D eigenvalue weighted by Crippen LogP contribution is 2.26. The summed E-state index contributed by atoms with van der Waals surface area (Å²) in [5, 5.41) is 4.38. The summed E-state index contributed by atoms with van der Waals surface area (Å²) in [6.07, 6.45) is 3.81. The number of nitrogen functional groups attached to an aromatic ring is 1. The lowest BCUT2D eigenvalue weighted by Gasteiger charge is -2.40. The number of benzene rings is 1. The molecule has 11 heteroatoms. The molecule has 6 rings (SSSR count). The van der Waals surface area contributed by atoms with Crippen molar-refractivity contribution >= 4 is 23.4 Å². The van der Waals surface area contributed by atoms with Crippen molar-refractivity contribution in [1.29, 1.82) is 0 Å². The average molecular weight is 492 g/mol. The number of hydrogen-bond acceptors (Lipinski definition) is 9. The number of fused-ring (bicyclic) bond motifs is 1. The molecular formula is C25H30FN9O. The van der Waals surface area contributed by atoms with Crippen molar-refractivity contribution in [2.75, 3.05) is 61.3 Å². The maximum atomic E-state index is 14.3. The van der Waals surface area contributed by atoms with Gasteiger partial charge in [0.25, 0.3) is 5.78 Å². The molecule has 1 aromatic carbocycles. The lowest BCUT2D eigenvalue weighted by atomic mass is 9.97. The normalized spacial score (nSPS) is 19.3. The first kappa shape index (κ1) is 22.7. The fourth-order valence-electron chi connectivity index (χ4n) is 5.24. The van der Waals surface area contributed by atoms with Crippen LogP contribution < -0.4 is 15.5 Å². The molecule has 0 aliphatic carbocycles. The van der Waals surface area contributed by atoms with Crippen LogP contribution in [0.25, 0.3) is 17.4 Å². The van der Waals surface area contributed by atoms with E-state index in [1.54, 1.807) is 24.5 Å². The van der Waals surface area contributed by atoms with Gasteiger partial charge in [-0.25, -0.2) is 4.39 Å². The summed E-state index contributed by atoms with van der Waals surface area (Å²) in [7, 11) is 0. The molecule has 1 atom stereocenters. The molecule has 0 radical (unpaired) electrons. The second-order valence-electron chi connectivity index (χ2n) is 9.70. The van der Waals surface area contributed by atoms with Crippen molar-refractivity contribution in [3.8, 4) is 11.6 Å². The quantitative estimate of drug-likeness (QED) is 0.451. The third kappa shape index (κ3) is 4.46. The molecular weight excluding hydrogens is 461 g/mol. The van der Waals surface area contributed by atoms with E-state index in [4.69, 9.17) is 10.2 Å². The van der Waals surface area contributed by atoms with Crippen molar-refractivity contribution < 1.29 is 8.81 Å². The molecule has 36 heavy (non-hydrogen) atoms. The van der Waals surface area contributed by atoms with Crippen molar-refractivity contribution in [3.63, 3.8) is 0 Å². The Morgan fingerprint density at radius 2 is 1.92 bits per heavy atom. The molecule has 2 aliphatic heterocycles. The molecule has 0 saturated carbocycles. The van der Waals surface area contributed by atoms with Crippen LogP contribution in [0.15, 0.2) is 41.0 Å². The number of piperazine rings is 1. The maximum absolute atomic E-state index is 14.3. The van der Waals surface area contributed by atoms with E-state index in [2.05, 4.69) is 34.8 Å². The highest BCUT2D eigenvalue weighted by Gasteiger charge is 2.27. The summed E-state index contributed by atoms with van der Waals surface area (Å²) in [5.74, 6) is 2.59. The standard InChI is InChI=1S/C25H30FN9O/c1-17-6-7-19(26)20(14-17)33-11-9-32(10-12-33)15-18-4-2-8-34(16-18)24-29-23(27)35-25(30-24)28-22(31-35)21-5-3-13-36-21/h3,5-7,13-14,18H,2,4,8-12,15-16H2,1H3,(H2,27,28,29,30,31). The summed E-state index contributed by atoms with van der Waals surface area (Å²) in [4.78, 5) is 20.5. The van der Waals surface area contributed by atoms with Gasteiger partial charge in [0.05, 0.1) is 12.0 Å². The van der Waals surface area contributed by atoms with Gasteiger partial charge in [-0.05, 0) is 55.5 Å². The second kappa shape index (κ2) is 9.38. The van der Waals surface area contributed by atoms with Gasteiger partial charge < -0.3 is 20.0 Å². The molecule has 5 heterocycles. The van der Waals surface area contributed by atoms with Gasteiger partial charge in [0.15, 0.2) is 5.76 Å². The number of rotatable bonds is 5. The molecule has 0 bridgehead atoms. The van der Waals surface area contributed by atoms with Crippen LogP contribution in [0.2, 0.25) is 0 Å². The molecule has 2 fully saturated rings. The van der Waals surface area contributed by atoms with Gasteiger partial charge in [-0.1, -0.05) is 6.07 Å². The van der Waals surface area contributed by atoms with Crippen LogP contribution in [0.3, 0.4) is 0 Å². The van der Waals surface area contributed by atoms with Crippen molar-refractivity contribution in [1.82, 2.24) is 29.5 Å². The zero-order chi connectivity index (χ0) is 24.6. The Kier molecular flexibility index (Phi) is 5.92. The van der Waals surface area contributed by atoms with E-state index >= 15 is 0 Å². The number of nitrogens with zero attached hydrogens (tertiary/aromatic N) is 8. The first-order valence-corrected chi connectivity index (χ1v) is 12.5. The molecule has 4 aromatic rings. The highest BCUT2D eigenvalue weighted by molar-refractivity contribution is 5.53. The van der Waals surface area contributed by atoms with Crippen LogP contribution in [0.4, 0.5) is 22.0 Å². The lowest BCUT2D eigenvalue weighted by molar-refractivity contribution is 0.205. The Morgan fingerprint density at radius 3 is 2.72 bits per heavy atom. The Balaban J connectivity index is 1.10. The van der Waals surface area contributed by atoms with Gasteiger partial charge in [-0.15, -0.1) is 5.10 Å². The van der Waals surface area contributed by atoms with E-state index in [0.29, 0.717) is 34.9 Å². The third-order valence-corrected chi connectivity index (χ3v) is 7.10. The van der Waals surface area contributed by atoms with Crippen molar-refractivity contribution in [2.24, 2.45) is 5.92 Å². The summed E-state index contributed by atoms with van der Waals surface area (Å²) in [5.41, 5.74) is 8.01. The Morgan fingerprint density at radius 1 is 1.06 bits per heavy atom.